The van der Waals surface area contributed by atoms with Crippen LogP contribution < -0.4 is 0 Å². The summed E-state index contributed by atoms with van der Waals surface area (Å²) < 4.78 is 0. The molecule has 0 aliphatic heterocycles. The predicted octanol–water partition coefficient (Wildman–Crippen LogP) is 3.15. The maximum absolute atomic E-state index is 2.45. The van der Waals surface area contributed by atoms with Gasteiger partial charge in [-0.2, -0.15) is 0 Å². The van der Waals surface area contributed by atoms with Crippen LogP contribution in [0, 0.1) is 6.92 Å². The monoisotopic (exact) mass is 172 g/mol. The second kappa shape index (κ2) is 2.17. The minimum Gasteiger partial charge on any atom is -0.0588 e. The predicted molar refractivity (Wildman–Crippen MR) is 55.2 cm³/mol. The van der Waals surface area contributed by atoms with E-state index in [0.717, 1.165) is 0 Å². The van der Waals surface area contributed by atoms with Crippen molar-refractivity contribution < 1.29 is 0 Å². The van der Waals surface area contributed by atoms with E-state index in [-0.39, 0.29) is 0 Å². The third-order valence-electron chi connectivity index (χ3n) is 4.11. The van der Waals surface area contributed by atoms with Gasteiger partial charge in [-0.1, -0.05) is 19.1 Å². The lowest BCUT2D eigenvalue weighted by Gasteiger charge is -2.18. The molecule has 13 heavy (non-hydrogen) atoms. The SMILES string of the molecule is Cc1ccc2c3c1CCC3(C)CC2. The summed E-state index contributed by atoms with van der Waals surface area (Å²) in [6.45, 7) is 4.72. The van der Waals surface area contributed by atoms with Crippen molar-refractivity contribution in [1.82, 2.24) is 0 Å². The first-order valence-electron chi connectivity index (χ1n) is 5.32. The van der Waals surface area contributed by atoms with Gasteiger partial charge in [0.1, 0.15) is 0 Å². The average Bonchev–Trinajstić information content (AvgIpc) is 2.59. The Morgan fingerprint density at radius 1 is 1.15 bits per heavy atom. The van der Waals surface area contributed by atoms with Crippen molar-refractivity contribution >= 4 is 0 Å². The van der Waals surface area contributed by atoms with E-state index < -0.39 is 0 Å². The Labute approximate surface area is 80.0 Å². The Morgan fingerprint density at radius 3 is 2.77 bits per heavy atom. The van der Waals surface area contributed by atoms with Gasteiger partial charge < -0.3 is 0 Å². The summed E-state index contributed by atoms with van der Waals surface area (Å²) in [5.41, 5.74) is 7.12. The summed E-state index contributed by atoms with van der Waals surface area (Å²) in [4.78, 5) is 0. The molecule has 0 heteroatoms. The van der Waals surface area contributed by atoms with E-state index in [2.05, 4.69) is 26.0 Å². The fourth-order valence-electron chi connectivity index (χ4n) is 3.27. The molecule has 0 spiro atoms. The lowest BCUT2D eigenvalue weighted by atomic mass is 9.85. The first-order valence-corrected chi connectivity index (χ1v) is 5.32. The minimum atomic E-state index is 0.552. The summed E-state index contributed by atoms with van der Waals surface area (Å²) in [5, 5.41) is 0. The highest BCUT2D eigenvalue weighted by molar-refractivity contribution is 5.51. The van der Waals surface area contributed by atoms with E-state index >= 15 is 0 Å². The number of hydrogen-bond acceptors (Lipinski definition) is 0. The Balaban J connectivity index is 2.35. The molecule has 2 aliphatic carbocycles. The molecule has 0 radical (unpaired) electrons. The molecule has 0 saturated heterocycles. The third-order valence-corrected chi connectivity index (χ3v) is 4.11. The van der Waals surface area contributed by atoms with Gasteiger partial charge in [-0.15, -0.1) is 0 Å². The number of rotatable bonds is 0. The second-order valence-corrected chi connectivity index (χ2v) is 4.96. The van der Waals surface area contributed by atoms with Crippen molar-refractivity contribution in [3.05, 3.63) is 34.4 Å². The highest BCUT2D eigenvalue weighted by Gasteiger charge is 2.40. The Morgan fingerprint density at radius 2 is 1.92 bits per heavy atom. The van der Waals surface area contributed by atoms with Gasteiger partial charge in [-0.05, 0) is 60.3 Å². The van der Waals surface area contributed by atoms with Gasteiger partial charge in [-0.3, -0.25) is 0 Å². The van der Waals surface area contributed by atoms with Crippen LogP contribution in [0.2, 0.25) is 0 Å². The van der Waals surface area contributed by atoms with Crippen LogP contribution in [0.3, 0.4) is 0 Å². The maximum Gasteiger partial charge on any atom is -0.00634 e. The minimum absolute atomic E-state index is 0.552. The molecule has 1 atom stereocenters. The summed E-state index contributed by atoms with van der Waals surface area (Å²) in [6.07, 6.45) is 5.42. The molecular formula is C13H16. The van der Waals surface area contributed by atoms with Crippen LogP contribution in [0.4, 0.5) is 0 Å². The van der Waals surface area contributed by atoms with E-state index in [1.807, 2.05) is 0 Å². The van der Waals surface area contributed by atoms with E-state index in [9.17, 15) is 0 Å². The van der Waals surface area contributed by atoms with Crippen LogP contribution in [0.5, 0.6) is 0 Å². The van der Waals surface area contributed by atoms with Crippen LogP contribution in [-0.2, 0) is 18.3 Å². The molecular weight excluding hydrogens is 156 g/mol. The fourth-order valence-corrected chi connectivity index (χ4v) is 3.27. The second-order valence-electron chi connectivity index (χ2n) is 4.96. The summed E-state index contributed by atoms with van der Waals surface area (Å²) in [7, 11) is 0. The quantitative estimate of drug-likeness (QED) is 0.564. The lowest BCUT2D eigenvalue weighted by molar-refractivity contribution is 0.463. The smallest absolute Gasteiger partial charge is 0.00634 e. The summed E-state index contributed by atoms with van der Waals surface area (Å²) >= 11 is 0. The Hall–Kier alpha value is -0.780. The van der Waals surface area contributed by atoms with Crippen LogP contribution in [0.1, 0.15) is 42.0 Å². The molecule has 2 aliphatic rings. The van der Waals surface area contributed by atoms with Crippen LogP contribution in [0.25, 0.3) is 0 Å². The van der Waals surface area contributed by atoms with Crippen molar-refractivity contribution in [2.45, 2.75) is 44.9 Å². The van der Waals surface area contributed by atoms with Crippen molar-refractivity contribution in [1.29, 1.82) is 0 Å². The van der Waals surface area contributed by atoms with E-state index in [0.29, 0.717) is 5.41 Å². The Bertz CT molecular complexity index is 376. The summed E-state index contributed by atoms with van der Waals surface area (Å²) in [6, 6.07) is 4.66. The van der Waals surface area contributed by atoms with Gasteiger partial charge in [-0.25, -0.2) is 0 Å². The largest absolute Gasteiger partial charge is 0.0588 e. The van der Waals surface area contributed by atoms with Crippen LogP contribution >= 0.6 is 0 Å². The van der Waals surface area contributed by atoms with Crippen LogP contribution in [-0.4, -0.2) is 0 Å². The molecule has 1 aromatic rings. The zero-order valence-corrected chi connectivity index (χ0v) is 8.48. The van der Waals surface area contributed by atoms with Crippen molar-refractivity contribution in [3.63, 3.8) is 0 Å². The van der Waals surface area contributed by atoms with E-state index in [1.165, 1.54) is 31.2 Å². The van der Waals surface area contributed by atoms with Gasteiger partial charge in [0, 0.05) is 0 Å². The van der Waals surface area contributed by atoms with Crippen molar-refractivity contribution in [3.8, 4) is 0 Å². The molecule has 0 nitrogen and oxygen atoms in total. The van der Waals surface area contributed by atoms with Crippen LogP contribution in [0.15, 0.2) is 12.1 Å². The first-order chi connectivity index (χ1) is 6.21. The molecule has 1 unspecified atom stereocenters. The average molecular weight is 172 g/mol. The molecule has 0 heterocycles. The molecule has 0 aromatic heterocycles. The number of aryl methyl sites for hydroxylation is 2. The standard InChI is InChI=1S/C13H16/c1-9-3-4-10-5-7-13(2)8-6-11(9)12(10)13/h3-4H,5-8H2,1-2H3. The lowest BCUT2D eigenvalue weighted by Crippen LogP contribution is -2.12. The third kappa shape index (κ3) is 0.815. The van der Waals surface area contributed by atoms with Gasteiger partial charge in [0.15, 0.2) is 0 Å². The van der Waals surface area contributed by atoms with Gasteiger partial charge in [0.05, 0.1) is 0 Å². The molecule has 0 bridgehead atoms. The van der Waals surface area contributed by atoms with Crippen molar-refractivity contribution in [2.75, 3.05) is 0 Å². The normalized spacial score (nSPS) is 29.4. The molecule has 68 valence electrons. The van der Waals surface area contributed by atoms with Gasteiger partial charge in [0.2, 0.25) is 0 Å². The number of hydrogen-bond donors (Lipinski definition) is 0. The molecule has 3 rings (SSSR count). The molecule has 1 aromatic carbocycles. The summed E-state index contributed by atoms with van der Waals surface area (Å²) in [5.74, 6) is 0. The van der Waals surface area contributed by atoms with Gasteiger partial charge in [0.25, 0.3) is 0 Å². The van der Waals surface area contributed by atoms with Gasteiger partial charge >= 0.3 is 0 Å². The highest BCUT2D eigenvalue weighted by atomic mass is 14.4. The molecule has 0 amide bonds. The Kier molecular flexibility index (Phi) is 1.27. The highest BCUT2D eigenvalue weighted by Crippen LogP contribution is 2.49. The van der Waals surface area contributed by atoms with Crippen molar-refractivity contribution in [2.24, 2.45) is 0 Å². The van der Waals surface area contributed by atoms with E-state index in [1.54, 1.807) is 16.7 Å². The zero-order valence-electron chi connectivity index (χ0n) is 8.48. The number of benzene rings is 1. The van der Waals surface area contributed by atoms with E-state index in [4.69, 9.17) is 0 Å². The zero-order chi connectivity index (χ0) is 9.05. The molecule has 0 fully saturated rings. The maximum atomic E-state index is 2.45. The molecule has 0 saturated carbocycles. The topological polar surface area (TPSA) is 0 Å². The first kappa shape index (κ1) is 7.61. The molecule has 0 N–H and O–H groups in total. The fraction of sp³-hybridized carbons (Fsp3) is 0.538.